The van der Waals surface area contributed by atoms with Crippen molar-refractivity contribution in [3.8, 4) is 0 Å². The molecule has 1 nitrogen and oxygen atoms in total. The van der Waals surface area contributed by atoms with E-state index in [1.165, 1.54) is 6.42 Å². The van der Waals surface area contributed by atoms with Gasteiger partial charge >= 0.3 is 0 Å². The Labute approximate surface area is 82.5 Å². The highest BCUT2D eigenvalue weighted by Crippen LogP contribution is 2.31. The van der Waals surface area contributed by atoms with E-state index in [0.29, 0.717) is 5.41 Å². The maximum absolute atomic E-state index is 5.53. The van der Waals surface area contributed by atoms with E-state index in [9.17, 15) is 0 Å². The van der Waals surface area contributed by atoms with E-state index in [2.05, 4.69) is 40.3 Å². The van der Waals surface area contributed by atoms with E-state index in [-0.39, 0.29) is 4.75 Å². The zero-order valence-corrected chi connectivity index (χ0v) is 9.75. The predicted octanol–water partition coefficient (Wildman–Crippen LogP) is 2.85. The van der Waals surface area contributed by atoms with Gasteiger partial charge in [-0.05, 0) is 31.2 Å². The number of nitrogens with two attached hydrogens (primary N) is 1. The average molecular weight is 189 g/mol. The van der Waals surface area contributed by atoms with Gasteiger partial charge in [0.1, 0.15) is 0 Å². The van der Waals surface area contributed by atoms with Gasteiger partial charge < -0.3 is 5.73 Å². The van der Waals surface area contributed by atoms with Gasteiger partial charge in [-0.1, -0.05) is 27.7 Å². The summed E-state index contributed by atoms with van der Waals surface area (Å²) in [6.45, 7) is 9.67. The van der Waals surface area contributed by atoms with E-state index in [4.69, 9.17) is 5.73 Å². The first-order valence-electron chi connectivity index (χ1n) is 4.69. The predicted molar refractivity (Wildman–Crippen MR) is 59.8 cm³/mol. The molecule has 12 heavy (non-hydrogen) atoms. The molecule has 0 aromatic rings. The number of rotatable bonds is 5. The summed E-state index contributed by atoms with van der Waals surface area (Å²) in [7, 11) is 0. The van der Waals surface area contributed by atoms with Crippen LogP contribution in [0.25, 0.3) is 0 Å². The van der Waals surface area contributed by atoms with Gasteiger partial charge in [0, 0.05) is 4.75 Å². The second-order valence-corrected chi connectivity index (χ2v) is 6.23. The van der Waals surface area contributed by atoms with Crippen LogP contribution in [0.5, 0.6) is 0 Å². The van der Waals surface area contributed by atoms with Crippen LogP contribution in [0.2, 0.25) is 0 Å². The van der Waals surface area contributed by atoms with E-state index in [1.54, 1.807) is 0 Å². The SMILES string of the molecule is CC(C)(S)CCC(C)(C)CCN. The Morgan fingerprint density at radius 1 is 1.00 bits per heavy atom. The molecule has 0 atom stereocenters. The van der Waals surface area contributed by atoms with E-state index < -0.39 is 0 Å². The molecule has 0 aromatic carbocycles. The summed E-state index contributed by atoms with van der Waals surface area (Å²) in [6.07, 6.45) is 3.47. The lowest BCUT2D eigenvalue weighted by atomic mass is 9.82. The molecular weight excluding hydrogens is 166 g/mol. The van der Waals surface area contributed by atoms with E-state index in [0.717, 1.165) is 19.4 Å². The maximum atomic E-state index is 5.53. The van der Waals surface area contributed by atoms with Gasteiger partial charge in [0.15, 0.2) is 0 Å². The highest BCUT2D eigenvalue weighted by molar-refractivity contribution is 7.81. The Hall–Kier alpha value is 0.310. The molecule has 0 saturated heterocycles. The summed E-state index contributed by atoms with van der Waals surface area (Å²) >= 11 is 4.50. The van der Waals surface area contributed by atoms with Crippen molar-refractivity contribution in [2.24, 2.45) is 11.1 Å². The lowest BCUT2D eigenvalue weighted by molar-refractivity contribution is 0.293. The first-order valence-corrected chi connectivity index (χ1v) is 5.14. The molecule has 2 heteroatoms. The zero-order valence-electron chi connectivity index (χ0n) is 8.85. The van der Waals surface area contributed by atoms with Crippen LogP contribution in [0.1, 0.15) is 47.0 Å². The van der Waals surface area contributed by atoms with Gasteiger partial charge in [-0.2, -0.15) is 12.6 Å². The van der Waals surface area contributed by atoms with Gasteiger partial charge in [0.05, 0.1) is 0 Å². The average Bonchev–Trinajstić information content (AvgIpc) is 1.83. The molecule has 0 spiro atoms. The third kappa shape index (κ3) is 6.99. The third-order valence-corrected chi connectivity index (χ3v) is 2.46. The van der Waals surface area contributed by atoms with Gasteiger partial charge in [-0.15, -0.1) is 0 Å². The molecule has 0 rings (SSSR count). The van der Waals surface area contributed by atoms with Crippen molar-refractivity contribution in [1.29, 1.82) is 0 Å². The molecule has 0 bridgehead atoms. The second kappa shape index (κ2) is 4.52. The van der Waals surface area contributed by atoms with Crippen molar-refractivity contribution < 1.29 is 0 Å². The summed E-state index contributed by atoms with van der Waals surface area (Å²) in [6, 6.07) is 0. The maximum Gasteiger partial charge on any atom is 0.00733 e. The fourth-order valence-corrected chi connectivity index (χ4v) is 1.27. The van der Waals surface area contributed by atoms with Crippen molar-refractivity contribution in [1.82, 2.24) is 0 Å². The summed E-state index contributed by atoms with van der Waals surface area (Å²) in [4.78, 5) is 0. The molecule has 0 amide bonds. The smallest absolute Gasteiger partial charge is 0.00733 e. The number of hydrogen-bond acceptors (Lipinski definition) is 2. The molecule has 2 N–H and O–H groups in total. The zero-order chi connectivity index (χ0) is 9.83. The van der Waals surface area contributed by atoms with Gasteiger partial charge in [0.2, 0.25) is 0 Å². The van der Waals surface area contributed by atoms with Crippen LogP contribution in [0, 0.1) is 5.41 Å². The minimum absolute atomic E-state index is 0.159. The Bertz CT molecular complexity index is 124. The highest BCUT2D eigenvalue weighted by Gasteiger charge is 2.20. The molecule has 0 unspecified atom stereocenters. The molecule has 0 radical (unpaired) electrons. The Balaban J connectivity index is 3.75. The first-order chi connectivity index (χ1) is 5.27. The van der Waals surface area contributed by atoms with E-state index >= 15 is 0 Å². The standard InChI is InChI=1S/C10H23NS/c1-9(2,7-8-11)5-6-10(3,4)12/h12H,5-8,11H2,1-4H3. The summed E-state index contributed by atoms with van der Waals surface area (Å²) in [5.74, 6) is 0. The molecule has 0 heterocycles. The lowest BCUT2D eigenvalue weighted by Crippen LogP contribution is -2.21. The lowest BCUT2D eigenvalue weighted by Gasteiger charge is -2.27. The van der Waals surface area contributed by atoms with Gasteiger partial charge in [-0.25, -0.2) is 0 Å². The molecule has 0 aliphatic carbocycles. The van der Waals surface area contributed by atoms with Crippen molar-refractivity contribution in [3.63, 3.8) is 0 Å². The summed E-state index contributed by atoms with van der Waals surface area (Å²) in [5, 5.41) is 0. The fraction of sp³-hybridized carbons (Fsp3) is 1.00. The third-order valence-electron chi connectivity index (χ3n) is 2.23. The molecule has 0 aliphatic heterocycles. The minimum atomic E-state index is 0.159. The van der Waals surface area contributed by atoms with E-state index in [1.807, 2.05) is 0 Å². The van der Waals surface area contributed by atoms with Crippen molar-refractivity contribution in [2.75, 3.05) is 6.54 Å². The molecular formula is C10H23NS. The molecule has 0 aliphatic rings. The van der Waals surface area contributed by atoms with Crippen LogP contribution < -0.4 is 5.73 Å². The van der Waals surface area contributed by atoms with Crippen LogP contribution in [-0.4, -0.2) is 11.3 Å². The van der Waals surface area contributed by atoms with Crippen LogP contribution in [0.15, 0.2) is 0 Å². The van der Waals surface area contributed by atoms with Crippen molar-refractivity contribution in [2.45, 2.75) is 51.7 Å². The number of hydrogen-bond donors (Lipinski definition) is 2. The highest BCUT2D eigenvalue weighted by atomic mass is 32.1. The van der Waals surface area contributed by atoms with Crippen LogP contribution in [-0.2, 0) is 0 Å². The van der Waals surface area contributed by atoms with Crippen LogP contribution in [0.4, 0.5) is 0 Å². The summed E-state index contributed by atoms with van der Waals surface area (Å²) in [5.41, 5.74) is 5.92. The fourth-order valence-electron chi connectivity index (χ4n) is 1.16. The Kier molecular flexibility index (Phi) is 4.64. The molecule has 0 fully saturated rings. The second-order valence-electron chi connectivity index (χ2n) is 5.02. The Morgan fingerprint density at radius 2 is 1.50 bits per heavy atom. The normalized spacial score (nSPS) is 13.5. The topological polar surface area (TPSA) is 26.0 Å². The molecule has 0 aromatic heterocycles. The summed E-state index contributed by atoms with van der Waals surface area (Å²) < 4.78 is 0.159. The quantitative estimate of drug-likeness (QED) is 0.639. The van der Waals surface area contributed by atoms with Gasteiger partial charge in [-0.3, -0.25) is 0 Å². The van der Waals surface area contributed by atoms with Crippen molar-refractivity contribution >= 4 is 12.6 Å². The largest absolute Gasteiger partial charge is 0.330 e. The molecule has 74 valence electrons. The van der Waals surface area contributed by atoms with Gasteiger partial charge in [0.25, 0.3) is 0 Å². The van der Waals surface area contributed by atoms with Crippen LogP contribution >= 0.6 is 12.6 Å². The minimum Gasteiger partial charge on any atom is -0.330 e. The van der Waals surface area contributed by atoms with Crippen LogP contribution in [0.3, 0.4) is 0 Å². The van der Waals surface area contributed by atoms with Crippen molar-refractivity contribution in [3.05, 3.63) is 0 Å². The first kappa shape index (κ1) is 12.3. The Morgan fingerprint density at radius 3 is 1.83 bits per heavy atom. The molecule has 0 saturated carbocycles. The number of thiol groups is 1. The monoisotopic (exact) mass is 189 g/mol.